The first-order chi connectivity index (χ1) is 16.5. The minimum Gasteiger partial charge on any atom is -0.245 e. The highest BCUT2D eigenvalue weighted by molar-refractivity contribution is 8.02. The van der Waals surface area contributed by atoms with Crippen molar-refractivity contribution in [2.75, 3.05) is 12.9 Å². The number of quaternary nitrogens is 1. The SMILES string of the molecule is CCCCCCCCCCCCS[N+](OC)(C1CCCCC1)S(=O)(=O)c1ccc2scnc2c1. The van der Waals surface area contributed by atoms with Crippen LogP contribution in [0, 0.1) is 0 Å². The number of hydrogen-bond acceptors (Lipinski definition) is 6. The number of hydroxylamine groups is 1. The normalized spacial score (nSPS) is 17.2. The highest BCUT2D eigenvalue weighted by atomic mass is 32.3. The molecule has 0 spiro atoms. The van der Waals surface area contributed by atoms with E-state index in [-0.39, 0.29) is 9.50 Å². The predicted octanol–water partition coefficient (Wildman–Crippen LogP) is 8.27. The molecule has 1 aliphatic carbocycles. The Morgan fingerprint density at radius 1 is 1.00 bits per heavy atom. The van der Waals surface area contributed by atoms with Crippen LogP contribution in [0.2, 0.25) is 0 Å². The number of rotatable bonds is 16. The summed E-state index contributed by atoms with van der Waals surface area (Å²) >= 11 is 3.00. The summed E-state index contributed by atoms with van der Waals surface area (Å²) in [5.41, 5.74) is 2.50. The van der Waals surface area contributed by atoms with E-state index in [0.29, 0.717) is 4.90 Å². The van der Waals surface area contributed by atoms with Crippen LogP contribution >= 0.6 is 23.3 Å². The quantitative estimate of drug-likeness (QED) is 0.0951. The van der Waals surface area contributed by atoms with Crippen LogP contribution in [0.15, 0.2) is 28.6 Å². The summed E-state index contributed by atoms with van der Waals surface area (Å²) in [4.78, 5) is 10.6. The average molecular weight is 528 g/mol. The van der Waals surface area contributed by atoms with Gasteiger partial charge in [-0.15, -0.1) is 11.3 Å². The molecule has 34 heavy (non-hydrogen) atoms. The summed E-state index contributed by atoms with van der Waals surface area (Å²) in [6.07, 6.45) is 17.8. The molecule has 0 saturated heterocycles. The van der Waals surface area contributed by atoms with Crippen LogP contribution in [0.5, 0.6) is 0 Å². The highest BCUT2D eigenvalue weighted by Crippen LogP contribution is 2.43. The number of sulfonamides is 1. The van der Waals surface area contributed by atoms with Crippen molar-refractivity contribution in [2.45, 2.75) is 114 Å². The van der Waals surface area contributed by atoms with Gasteiger partial charge in [0.2, 0.25) is 0 Å². The molecule has 0 N–H and O–H groups in total. The minimum absolute atomic E-state index is 0.0389. The van der Waals surface area contributed by atoms with Crippen LogP contribution in [-0.4, -0.2) is 35.8 Å². The third-order valence-electron chi connectivity index (χ3n) is 6.98. The molecule has 0 aliphatic heterocycles. The lowest BCUT2D eigenvalue weighted by molar-refractivity contribution is -0.911. The molecule has 1 aromatic heterocycles. The highest BCUT2D eigenvalue weighted by Gasteiger charge is 2.53. The Kier molecular flexibility index (Phi) is 11.6. The second-order valence-electron chi connectivity index (χ2n) is 9.49. The van der Waals surface area contributed by atoms with Crippen molar-refractivity contribution < 1.29 is 16.7 Å². The van der Waals surface area contributed by atoms with E-state index in [2.05, 4.69) is 11.9 Å². The fourth-order valence-corrected chi connectivity index (χ4v) is 9.40. The molecule has 5 nitrogen and oxygen atoms in total. The third kappa shape index (κ3) is 6.96. The van der Waals surface area contributed by atoms with Gasteiger partial charge in [-0.25, -0.2) is 4.98 Å². The van der Waals surface area contributed by atoms with Crippen LogP contribution < -0.4 is 0 Å². The van der Waals surface area contributed by atoms with Gasteiger partial charge < -0.3 is 0 Å². The number of benzene rings is 1. The molecule has 1 aromatic carbocycles. The molecule has 1 unspecified atom stereocenters. The second kappa shape index (κ2) is 14.2. The Hall–Kier alpha value is -0.670. The van der Waals surface area contributed by atoms with E-state index in [0.717, 1.165) is 54.5 Å². The largest absolute Gasteiger partial charge is 0.368 e. The summed E-state index contributed by atoms with van der Waals surface area (Å²) in [5.74, 6) is 0.791. The molecule has 8 heteroatoms. The summed E-state index contributed by atoms with van der Waals surface area (Å²) in [7, 11) is -2.18. The van der Waals surface area contributed by atoms with Crippen molar-refractivity contribution in [2.24, 2.45) is 0 Å². The molecule has 1 heterocycles. The lowest BCUT2D eigenvalue weighted by Gasteiger charge is -2.38. The van der Waals surface area contributed by atoms with Gasteiger partial charge in [-0.05, 0) is 40.9 Å². The van der Waals surface area contributed by atoms with Crippen molar-refractivity contribution in [1.29, 1.82) is 0 Å². The topological polar surface area (TPSA) is 56.3 Å². The summed E-state index contributed by atoms with van der Waals surface area (Å²) < 4.78 is 28.8. The maximum Gasteiger partial charge on any atom is 0.368 e. The number of nitrogens with zero attached hydrogens (tertiary/aromatic N) is 2. The number of unbranched alkanes of at least 4 members (excludes halogenated alkanes) is 9. The fraction of sp³-hybridized carbons (Fsp3) is 0.731. The van der Waals surface area contributed by atoms with E-state index in [4.69, 9.17) is 4.84 Å². The van der Waals surface area contributed by atoms with Crippen LogP contribution in [0.4, 0.5) is 0 Å². The van der Waals surface area contributed by atoms with E-state index in [1.54, 1.807) is 24.8 Å². The summed E-state index contributed by atoms with van der Waals surface area (Å²) in [6, 6.07) is 5.28. The first-order valence-electron chi connectivity index (χ1n) is 13.2. The zero-order chi connectivity index (χ0) is 24.3. The van der Waals surface area contributed by atoms with Gasteiger partial charge in [-0.2, -0.15) is 13.3 Å². The van der Waals surface area contributed by atoms with Gasteiger partial charge in [0.15, 0.2) is 0 Å². The fourth-order valence-electron chi connectivity index (χ4n) is 4.99. The monoisotopic (exact) mass is 527 g/mol. The van der Waals surface area contributed by atoms with E-state index >= 15 is 0 Å². The zero-order valence-electron chi connectivity index (χ0n) is 21.0. The van der Waals surface area contributed by atoms with Gasteiger partial charge in [0.05, 0.1) is 28.6 Å². The van der Waals surface area contributed by atoms with Crippen LogP contribution in [0.3, 0.4) is 0 Å². The van der Waals surface area contributed by atoms with Crippen LogP contribution in [-0.2, 0) is 14.9 Å². The second-order valence-corrected chi connectivity index (χ2v) is 13.8. The van der Waals surface area contributed by atoms with Gasteiger partial charge in [0.25, 0.3) is 0 Å². The van der Waals surface area contributed by atoms with Crippen molar-refractivity contribution in [1.82, 2.24) is 4.98 Å². The first-order valence-corrected chi connectivity index (χ1v) is 16.5. The molecule has 1 saturated carbocycles. The number of aromatic nitrogens is 1. The molecule has 1 atom stereocenters. The lowest BCUT2D eigenvalue weighted by Crippen LogP contribution is -2.53. The molecular weight excluding hydrogens is 484 g/mol. The smallest absolute Gasteiger partial charge is 0.245 e. The number of fused-ring (bicyclic) bond motifs is 1. The van der Waals surface area contributed by atoms with Crippen LogP contribution in [0.25, 0.3) is 10.2 Å². The summed E-state index contributed by atoms with van der Waals surface area (Å²) in [5, 5.41) is 0. The van der Waals surface area contributed by atoms with Gasteiger partial charge in [0.1, 0.15) is 22.9 Å². The van der Waals surface area contributed by atoms with E-state index in [9.17, 15) is 8.42 Å². The van der Waals surface area contributed by atoms with E-state index in [1.165, 1.54) is 81.1 Å². The molecule has 0 amide bonds. The van der Waals surface area contributed by atoms with Crippen molar-refractivity contribution >= 4 is 43.5 Å². The van der Waals surface area contributed by atoms with Crippen molar-refractivity contribution in [3.63, 3.8) is 0 Å². The minimum atomic E-state index is -3.75. The Morgan fingerprint density at radius 2 is 1.65 bits per heavy atom. The summed E-state index contributed by atoms with van der Waals surface area (Å²) in [6.45, 7) is 2.26. The van der Waals surface area contributed by atoms with Crippen molar-refractivity contribution in [3.8, 4) is 0 Å². The standard InChI is InChI=1S/C26H43N2O3S3/c1-3-4-5-6-7-8-9-10-11-15-20-33-28(31-2,23-16-13-12-14-17-23)34(29,30)24-18-19-26-25(21-24)27-22-32-26/h18-19,21-23H,3-17,20H2,1-2H3/q+1. The molecule has 0 bridgehead atoms. The number of thiazole rings is 1. The van der Waals surface area contributed by atoms with E-state index < -0.39 is 10.0 Å². The first kappa shape index (κ1) is 27.9. The Balaban J connectivity index is 1.62. The predicted molar refractivity (Wildman–Crippen MR) is 145 cm³/mol. The maximum atomic E-state index is 14.1. The molecule has 1 fully saturated rings. The van der Waals surface area contributed by atoms with Gasteiger partial charge in [-0.3, -0.25) is 0 Å². The molecule has 1 aliphatic rings. The Bertz CT molecular complexity index is 957. The maximum absolute atomic E-state index is 14.1. The molecule has 192 valence electrons. The Morgan fingerprint density at radius 3 is 2.29 bits per heavy atom. The zero-order valence-corrected chi connectivity index (χ0v) is 23.5. The molecule has 3 rings (SSSR count). The van der Waals surface area contributed by atoms with Crippen molar-refractivity contribution in [3.05, 3.63) is 23.7 Å². The van der Waals surface area contributed by atoms with Gasteiger partial charge in [0, 0.05) is 12.8 Å². The average Bonchev–Trinajstić information content (AvgIpc) is 3.33. The number of hydrogen-bond donors (Lipinski definition) is 0. The third-order valence-corrected chi connectivity index (χ3v) is 11.9. The Labute approximate surface area is 215 Å². The molecule has 0 radical (unpaired) electrons. The molecule has 2 aromatic rings. The van der Waals surface area contributed by atoms with Gasteiger partial charge >= 0.3 is 10.0 Å². The van der Waals surface area contributed by atoms with Crippen LogP contribution in [0.1, 0.15) is 103 Å². The van der Waals surface area contributed by atoms with Gasteiger partial charge in [-0.1, -0.05) is 71.1 Å². The van der Waals surface area contributed by atoms with E-state index in [1.807, 2.05) is 6.07 Å². The lowest BCUT2D eigenvalue weighted by atomic mass is 9.96. The molecular formula is C26H43N2O3S3+.